The van der Waals surface area contributed by atoms with Gasteiger partial charge in [-0.3, -0.25) is 24.5 Å². The number of nitrogens with zero attached hydrogens (tertiary/aromatic N) is 2. The smallest absolute Gasteiger partial charge is 0.333 e. The van der Waals surface area contributed by atoms with Gasteiger partial charge in [0, 0.05) is 53.9 Å². The highest BCUT2D eigenvalue weighted by Crippen LogP contribution is 2.47. The van der Waals surface area contributed by atoms with Gasteiger partial charge in [-0.25, -0.2) is 13.2 Å². The zero-order chi connectivity index (χ0) is 33.9. The van der Waals surface area contributed by atoms with Gasteiger partial charge in [-0.2, -0.15) is 8.67 Å². The average Bonchev–Trinajstić information content (AvgIpc) is 3.35. The summed E-state index contributed by atoms with van der Waals surface area (Å²) < 4.78 is 51.5. The molecule has 1 saturated heterocycles. The van der Waals surface area contributed by atoms with Crippen LogP contribution in [0.3, 0.4) is 0 Å². The zero-order valence-electron chi connectivity index (χ0n) is 23.9. The number of carbonyl (C=O) groups is 4. The van der Waals surface area contributed by atoms with Gasteiger partial charge in [0.15, 0.2) is 6.61 Å². The van der Waals surface area contributed by atoms with Crippen LogP contribution in [0.1, 0.15) is 25.7 Å². The highest BCUT2D eigenvalue weighted by atomic mass is 32.2. The van der Waals surface area contributed by atoms with Crippen LogP contribution in [0, 0.1) is 0 Å². The van der Waals surface area contributed by atoms with E-state index < -0.39 is 45.3 Å². The van der Waals surface area contributed by atoms with Crippen molar-refractivity contribution in [1.29, 1.82) is 0 Å². The van der Waals surface area contributed by atoms with Crippen molar-refractivity contribution in [2.24, 2.45) is 0 Å². The Morgan fingerprint density at radius 2 is 1.45 bits per heavy atom. The first-order valence-electron chi connectivity index (χ1n) is 13.4. The Morgan fingerprint density at radius 3 is 2.04 bits per heavy atom. The first-order chi connectivity index (χ1) is 22.4. The molecule has 0 radical (unpaired) electrons. The van der Waals surface area contributed by atoms with Gasteiger partial charge in [0.2, 0.25) is 0 Å². The van der Waals surface area contributed by atoms with Crippen LogP contribution in [-0.4, -0.2) is 66.8 Å². The quantitative estimate of drug-likeness (QED) is 0.0421. The summed E-state index contributed by atoms with van der Waals surface area (Å²) in [6, 6.07) is 8.57. The highest BCUT2D eigenvalue weighted by molar-refractivity contribution is 7.95. The van der Waals surface area contributed by atoms with Crippen LogP contribution in [-0.2, 0) is 52.9 Å². The third-order valence-electron chi connectivity index (χ3n) is 7.17. The van der Waals surface area contributed by atoms with E-state index in [9.17, 15) is 42.7 Å². The van der Waals surface area contributed by atoms with Crippen molar-refractivity contribution in [3.05, 3.63) is 36.4 Å². The van der Waals surface area contributed by atoms with Crippen molar-refractivity contribution in [1.82, 2.24) is 9.96 Å². The molecule has 47 heavy (non-hydrogen) atoms. The molecule has 17 nitrogen and oxygen atoms in total. The maximum absolute atomic E-state index is 12.9. The lowest BCUT2D eigenvalue weighted by Crippen LogP contribution is -2.34. The highest BCUT2D eigenvalue weighted by Gasteiger charge is 2.32. The minimum Gasteiger partial charge on any atom is -0.744 e. The number of hydrogen-bond acceptors (Lipinski definition) is 17. The maximum atomic E-state index is 12.9. The van der Waals surface area contributed by atoms with Crippen LogP contribution in [0.15, 0.2) is 51.1 Å². The summed E-state index contributed by atoms with van der Waals surface area (Å²) >= 11 is 0.897. The van der Waals surface area contributed by atoms with Crippen molar-refractivity contribution in [2.45, 2.75) is 40.4 Å². The standard InChI is InChI=1S/C27H24N2O15S3/c1-28(10-2-3-25(33)40-29-22(30)8-9-23(29)31)24(32)13-39-18-11-19(45-43-41-34)15-5-6-16-20(46-44-42-35)12-21(47(36,37)38)17-7-4-14(18)26(15)27(16)17/h4-7,11-12,34-35H,2-3,8-10,13H2,1H3,(H,36,37,38)/p-3. The molecule has 5 rings (SSSR count). The minimum atomic E-state index is -5.04. The Labute approximate surface area is 273 Å². The van der Waals surface area contributed by atoms with E-state index in [0.717, 1.165) is 6.07 Å². The SMILES string of the molecule is CN(CCCC(=O)ON1C(=O)CCC1=O)C(=O)COc1cc(SOO[O-])c2ccc3c(SOO[O-])cc(S(=O)(=O)[O-])c4ccc1c2c34. The predicted octanol–water partition coefficient (Wildman–Crippen LogP) is 1.17. The second kappa shape index (κ2) is 14.5. The van der Waals surface area contributed by atoms with Crippen molar-refractivity contribution in [3.63, 3.8) is 0 Å². The second-order valence-electron chi connectivity index (χ2n) is 9.96. The molecule has 0 bridgehead atoms. The van der Waals surface area contributed by atoms with Crippen LogP contribution >= 0.6 is 24.1 Å². The Hall–Kier alpha value is -3.83. The molecule has 0 unspecified atom stereocenters. The second-order valence-corrected chi connectivity index (χ2v) is 12.8. The molecule has 0 saturated carbocycles. The fourth-order valence-corrected chi connectivity index (χ4v) is 6.89. The number of likely N-dealkylation sites (N-methyl/N-ethyl adjacent to an activating group) is 1. The predicted molar refractivity (Wildman–Crippen MR) is 154 cm³/mol. The van der Waals surface area contributed by atoms with Gasteiger partial charge in [0.05, 0.1) is 33.9 Å². The zero-order valence-corrected chi connectivity index (χ0v) is 26.4. The molecular weight excluding hydrogens is 688 g/mol. The first kappa shape index (κ1) is 34.5. The minimum absolute atomic E-state index is 0.0365. The summed E-state index contributed by atoms with van der Waals surface area (Å²) in [6.45, 7) is -0.407. The summed E-state index contributed by atoms with van der Waals surface area (Å²) in [5.74, 6) is -2.42. The third-order valence-corrected chi connectivity index (χ3v) is 9.33. The third kappa shape index (κ3) is 7.36. The lowest BCUT2D eigenvalue weighted by molar-refractivity contribution is -0.777. The molecule has 0 atom stereocenters. The van der Waals surface area contributed by atoms with Crippen molar-refractivity contribution >= 4 is 90.2 Å². The Balaban J connectivity index is 1.41. The molecule has 4 aromatic carbocycles. The van der Waals surface area contributed by atoms with E-state index in [2.05, 4.69) is 18.7 Å². The van der Waals surface area contributed by atoms with Gasteiger partial charge < -0.3 is 29.5 Å². The summed E-state index contributed by atoms with van der Waals surface area (Å²) in [5.41, 5.74) is 0. The van der Waals surface area contributed by atoms with E-state index in [0.29, 0.717) is 50.7 Å². The number of imide groups is 1. The molecular formula is C27H21N2O15S3-3. The lowest BCUT2D eigenvalue weighted by Gasteiger charge is -2.21. The van der Waals surface area contributed by atoms with Crippen LogP contribution in [0.25, 0.3) is 32.3 Å². The van der Waals surface area contributed by atoms with E-state index in [4.69, 9.17) is 9.57 Å². The summed E-state index contributed by atoms with van der Waals surface area (Å²) in [6.07, 6.45) is -0.105. The number of hydroxylamine groups is 2. The van der Waals surface area contributed by atoms with Gasteiger partial charge >= 0.3 is 5.97 Å². The molecule has 1 aliphatic rings. The molecule has 0 aliphatic carbocycles. The van der Waals surface area contributed by atoms with E-state index in [1.165, 1.54) is 30.1 Å². The number of benzene rings is 4. The topological polar surface area (TPSA) is 233 Å². The Bertz CT molecular complexity index is 1950. The fraction of sp³-hybridized carbons (Fsp3) is 0.259. The Kier molecular flexibility index (Phi) is 10.7. The van der Waals surface area contributed by atoms with Crippen LogP contribution in [0.5, 0.6) is 5.75 Å². The van der Waals surface area contributed by atoms with Crippen molar-refractivity contribution < 1.29 is 71.0 Å². The van der Waals surface area contributed by atoms with Crippen LogP contribution in [0.4, 0.5) is 0 Å². The van der Waals surface area contributed by atoms with Gasteiger partial charge in [0.1, 0.15) is 15.9 Å². The average molecular weight is 710 g/mol. The molecule has 0 spiro atoms. The molecule has 1 fully saturated rings. The molecule has 1 aliphatic heterocycles. The molecule has 0 aromatic heterocycles. The fourth-order valence-electron chi connectivity index (χ4n) is 5.07. The maximum Gasteiger partial charge on any atom is 0.333 e. The van der Waals surface area contributed by atoms with Gasteiger partial charge in [0.25, 0.3) is 17.7 Å². The summed E-state index contributed by atoms with van der Waals surface area (Å²) in [7, 11) is -3.57. The largest absolute Gasteiger partial charge is 0.744 e. The van der Waals surface area contributed by atoms with Crippen molar-refractivity contribution in [3.8, 4) is 5.75 Å². The monoisotopic (exact) mass is 709 g/mol. The molecule has 0 N–H and O–H groups in total. The van der Waals surface area contributed by atoms with Crippen LogP contribution in [0.2, 0.25) is 0 Å². The number of rotatable bonds is 15. The lowest BCUT2D eigenvalue weighted by atomic mass is 9.93. The molecule has 20 heteroatoms. The summed E-state index contributed by atoms with van der Waals surface area (Å²) in [5, 5.41) is 30.4. The van der Waals surface area contributed by atoms with Crippen molar-refractivity contribution in [2.75, 3.05) is 20.2 Å². The summed E-state index contributed by atoms with van der Waals surface area (Å²) in [4.78, 5) is 54.0. The number of hydrogen-bond donors (Lipinski definition) is 0. The number of amides is 3. The van der Waals surface area contributed by atoms with Gasteiger partial charge in [-0.1, -0.05) is 18.2 Å². The molecule has 4 aromatic rings. The Morgan fingerprint density at radius 1 is 0.894 bits per heavy atom. The number of carbonyl (C=O) groups excluding carboxylic acids is 4. The molecule has 1 heterocycles. The first-order valence-corrected chi connectivity index (χ1v) is 16.3. The number of ether oxygens (including phenoxy) is 1. The van der Waals surface area contributed by atoms with E-state index in [1.54, 1.807) is 12.1 Å². The molecule has 3 amide bonds. The van der Waals surface area contributed by atoms with E-state index >= 15 is 0 Å². The normalized spacial score (nSPS) is 13.7. The van der Waals surface area contributed by atoms with E-state index in [1.807, 2.05) is 0 Å². The van der Waals surface area contributed by atoms with E-state index in [-0.39, 0.29) is 58.5 Å². The van der Waals surface area contributed by atoms with Gasteiger partial charge in [-0.15, -0.1) is 5.06 Å². The molecule has 250 valence electrons. The van der Waals surface area contributed by atoms with Crippen LogP contribution < -0.4 is 15.3 Å². The van der Waals surface area contributed by atoms with Gasteiger partial charge in [-0.05, 0) is 40.8 Å².